The van der Waals surface area contributed by atoms with Crippen molar-refractivity contribution in [2.75, 3.05) is 18.2 Å². The van der Waals surface area contributed by atoms with E-state index in [4.69, 9.17) is 10.5 Å². The Kier molecular flexibility index (Phi) is 5.30. The topological polar surface area (TPSA) is 90.1 Å². The molecule has 1 aromatic heterocycles. The molecule has 0 radical (unpaired) electrons. The lowest BCUT2D eigenvalue weighted by Gasteiger charge is -2.22. The lowest BCUT2D eigenvalue weighted by Crippen LogP contribution is -2.36. The fourth-order valence-corrected chi connectivity index (χ4v) is 1.72. The van der Waals surface area contributed by atoms with Crippen molar-refractivity contribution < 1.29 is 9.53 Å². The molecule has 0 fully saturated rings. The molecule has 1 heterocycles. The van der Waals surface area contributed by atoms with Gasteiger partial charge in [0.2, 0.25) is 0 Å². The summed E-state index contributed by atoms with van der Waals surface area (Å²) in [6, 6.07) is -0.465. The van der Waals surface area contributed by atoms with Gasteiger partial charge in [-0.1, -0.05) is 27.7 Å². The van der Waals surface area contributed by atoms with E-state index in [1.54, 1.807) is 0 Å². The van der Waals surface area contributed by atoms with Gasteiger partial charge >= 0.3 is 5.97 Å². The number of carbonyl (C=O) groups is 1. The van der Waals surface area contributed by atoms with E-state index >= 15 is 0 Å². The predicted molar refractivity (Wildman–Crippen MR) is 79.5 cm³/mol. The van der Waals surface area contributed by atoms with Crippen LogP contribution in [0.5, 0.6) is 0 Å². The van der Waals surface area contributed by atoms with Crippen molar-refractivity contribution in [3.63, 3.8) is 0 Å². The Bertz CT molecular complexity index is 486. The molecule has 1 rings (SSSR count). The van der Waals surface area contributed by atoms with E-state index in [-0.39, 0.29) is 17.8 Å². The van der Waals surface area contributed by atoms with Gasteiger partial charge in [-0.05, 0) is 12.8 Å². The van der Waals surface area contributed by atoms with Gasteiger partial charge in [0.15, 0.2) is 0 Å². The number of ether oxygens (including phenoxy) is 1. The van der Waals surface area contributed by atoms with Crippen molar-refractivity contribution in [3.8, 4) is 0 Å². The average molecular weight is 280 g/mol. The summed E-state index contributed by atoms with van der Waals surface area (Å²) in [7, 11) is 1.38. The third kappa shape index (κ3) is 3.59. The molecular formula is C14H24N4O2. The quantitative estimate of drug-likeness (QED) is 0.803. The fourth-order valence-electron chi connectivity index (χ4n) is 1.72. The normalized spacial score (nSPS) is 12.6. The average Bonchev–Trinajstić information content (AvgIpc) is 2.38. The zero-order valence-electron chi connectivity index (χ0n) is 13.0. The zero-order valence-corrected chi connectivity index (χ0v) is 13.0. The van der Waals surface area contributed by atoms with E-state index in [0.717, 1.165) is 5.56 Å². The van der Waals surface area contributed by atoms with Crippen molar-refractivity contribution in [2.24, 2.45) is 5.92 Å². The SMILES string of the molecule is COC(=O)C(Nc1nc(C(C)C)nc(N)c1C)C(C)C. The Morgan fingerprint density at radius 1 is 1.25 bits per heavy atom. The van der Waals surface area contributed by atoms with Gasteiger partial charge in [-0.3, -0.25) is 0 Å². The highest BCUT2D eigenvalue weighted by Crippen LogP contribution is 2.23. The minimum absolute atomic E-state index is 0.0699. The van der Waals surface area contributed by atoms with Crippen LogP contribution in [0.15, 0.2) is 0 Å². The van der Waals surface area contributed by atoms with E-state index in [0.29, 0.717) is 17.5 Å². The first-order chi connectivity index (χ1) is 9.27. The summed E-state index contributed by atoms with van der Waals surface area (Å²) in [5.74, 6) is 1.59. The first-order valence-corrected chi connectivity index (χ1v) is 6.76. The molecule has 0 aliphatic carbocycles. The van der Waals surface area contributed by atoms with Crippen LogP contribution in [-0.4, -0.2) is 29.1 Å². The first kappa shape index (κ1) is 16.2. The maximum Gasteiger partial charge on any atom is 0.328 e. The summed E-state index contributed by atoms with van der Waals surface area (Å²) in [6.07, 6.45) is 0. The summed E-state index contributed by atoms with van der Waals surface area (Å²) in [5.41, 5.74) is 6.65. The first-order valence-electron chi connectivity index (χ1n) is 6.76. The van der Waals surface area contributed by atoms with Crippen molar-refractivity contribution in [1.82, 2.24) is 9.97 Å². The standard InChI is InChI=1S/C14H24N4O2/c1-7(2)10(14(19)20-6)16-13-9(5)11(15)17-12(18-13)8(3)4/h7-8,10H,1-6H3,(H3,15,16,17,18). The summed E-state index contributed by atoms with van der Waals surface area (Å²) in [4.78, 5) is 20.5. The highest BCUT2D eigenvalue weighted by atomic mass is 16.5. The molecule has 0 aromatic carbocycles. The maximum atomic E-state index is 11.8. The monoisotopic (exact) mass is 280 g/mol. The lowest BCUT2D eigenvalue weighted by molar-refractivity contribution is -0.142. The number of nitrogens with zero attached hydrogens (tertiary/aromatic N) is 2. The van der Waals surface area contributed by atoms with Crippen LogP contribution in [0, 0.1) is 12.8 Å². The number of esters is 1. The molecule has 20 heavy (non-hydrogen) atoms. The molecule has 0 aliphatic heterocycles. The number of hydrogen-bond donors (Lipinski definition) is 2. The van der Waals surface area contributed by atoms with E-state index in [2.05, 4.69) is 15.3 Å². The third-order valence-corrected chi connectivity index (χ3v) is 3.13. The zero-order chi connectivity index (χ0) is 15.4. The molecule has 1 atom stereocenters. The number of methoxy groups -OCH3 is 1. The molecule has 6 heteroatoms. The Morgan fingerprint density at radius 3 is 2.30 bits per heavy atom. The molecule has 1 aromatic rings. The van der Waals surface area contributed by atoms with Gasteiger partial charge in [0.1, 0.15) is 23.5 Å². The number of anilines is 2. The Labute approximate surface area is 120 Å². The summed E-state index contributed by atoms with van der Waals surface area (Å²) in [5, 5.41) is 3.13. The van der Waals surface area contributed by atoms with Crippen LogP contribution in [-0.2, 0) is 9.53 Å². The Balaban J connectivity index is 3.15. The van der Waals surface area contributed by atoms with Crippen LogP contribution in [0.1, 0.15) is 45.0 Å². The number of rotatable bonds is 5. The number of nitrogens with one attached hydrogen (secondary N) is 1. The minimum atomic E-state index is -0.465. The number of nitrogen functional groups attached to an aromatic ring is 1. The fraction of sp³-hybridized carbons (Fsp3) is 0.643. The molecule has 6 nitrogen and oxygen atoms in total. The number of carbonyl (C=O) groups excluding carboxylic acids is 1. The van der Waals surface area contributed by atoms with Crippen LogP contribution in [0.25, 0.3) is 0 Å². The minimum Gasteiger partial charge on any atom is -0.467 e. The van der Waals surface area contributed by atoms with E-state index in [1.807, 2.05) is 34.6 Å². The second-order valence-electron chi connectivity index (χ2n) is 5.48. The molecule has 3 N–H and O–H groups in total. The second-order valence-corrected chi connectivity index (χ2v) is 5.48. The molecule has 0 saturated heterocycles. The molecular weight excluding hydrogens is 256 g/mol. The van der Waals surface area contributed by atoms with Gasteiger partial charge in [0.25, 0.3) is 0 Å². The lowest BCUT2D eigenvalue weighted by atomic mass is 10.0. The molecule has 0 bridgehead atoms. The van der Waals surface area contributed by atoms with Gasteiger partial charge in [-0.2, -0.15) is 0 Å². The molecule has 0 amide bonds. The van der Waals surface area contributed by atoms with Crippen LogP contribution in [0.4, 0.5) is 11.6 Å². The number of hydrogen-bond acceptors (Lipinski definition) is 6. The highest BCUT2D eigenvalue weighted by Gasteiger charge is 2.24. The summed E-state index contributed by atoms with van der Waals surface area (Å²) >= 11 is 0. The third-order valence-electron chi connectivity index (χ3n) is 3.13. The number of aromatic nitrogens is 2. The summed E-state index contributed by atoms with van der Waals surface area (Å²) in [6.45, 7) is 9.70. The maximum absolute atomic E-state index is 11.8. The van der Waals surface area contributed by atoms with Crippen molar-refractivity contribution in [3.05, 3.63) is 11.4 Å². The molecule has 0 spiro atoms. The van der Waals surface area contributed by atoms with Gasteiger partial charge in [0.05, 0.1) is 7.11 Å². The van der Waals surface area contributed by atoms with Gasteiger partial charge < -0.3 is 15.8 Å². The van der Waals surface area contributed by atoms with Crippen LogP contribution < -0.4 is 11.1 Å². The van der Waals surface area contributed by atoms with Gasteiger partial charge in [-0.25, -0.2) is 14.8 Å². The van der Waals surface area contributed by atoms with Crippen molar-refractivity contribution in [2.45, 2.75) is 46.6 Å². The predicted octanol–water partition coefficient (Wildman–Crippen LogP) is 2.10. The van der Waals surface area contributed by atoms with E-state index in [1.165, 1.54) is 7.11 Å². The van der Waals surface area contributed by atoms with Crippen molar-refractivity contribution >= 4 is 17.6 Å². The smallest absolute Gasteiger partial charge is 0.328 e. The largest absolute Gasteiger partial charge is 0.467 e. The van der Waals surface area contributed by atoms with Crippen LogP contribution >= 0.6 is 0 Å². The van der Waals surface area contributed by atoms with Crippen LogP contribution in [0.2, 0.25) is 0 Å². The van der Waals surface area contributed by atoms with E-state index in [9.17, 15) is 4.79 Å². The molecule has 0 saturated carbocycles. The number of nitrogens with two attached hydrogens (primary N) is 1. The highest BCUT2D eigenvalue weighted by molar-refractivity contribution is 5.79. The Hall–Kier alpha value is -1.85. The van der Waals surface area contributed by atoms with Gasteiger partial charge in [-0.15, -0.1) is 0 Å². The molecule has 112 valence electrons. The molecule has 0 aliphatic rings. The van der Waals surface area contributed by atoms with Crippen LogP contribution in [0.3, 0.4) is 0 Å². The van der Waals surface area contributed by atoms with Gasteiger partial charge in [0, 0.05) is 11.5 Å². The summed E-state index contributed by atoms with van der Waals surface area (Å²) < 4.78 is 4.82. The van der Waals surface area contributed by atoms with Crippen molar-refractivity contribution in [1.29, 1.82) is 0 Å². The second kappa shape index (κ2) is 6.54. The molecule has 1 unspecified atom stereocenters. The van der Waals surface area contributed by atoms with E-state index < -0.39 is 6.04 Å². The Morgan fingerprint density at radius 2 is 1.85 bits per heavy atom.